The third-order valence-corrected chi connectivity index (χ3v) is 12.3. The van der Waals surface area contributed by atoms with Gasteiger partial charge in [-0.15, -0.1) is 5.10 Å². The van der Waals surface area contributed by atoms with E-state index in [0.717, 1.165) is 95.5 Å². The van der Waals surface area contributed by atoms with Crippen molar-refractivity contribution in [3.8, 4) is 11.5 Å². The molecule has 2 fully saturated rings. The number of fused-ring (bicyclic) bond motifs is 2. The number of piperazine rings is 1. The van der Waals surface area contributed by atoms with Crippen LogP contribution in [0.5, 0.6) is 11.5 Å². The first-order valence-corrected chi connectivity index (χ1v) is 24.1. The first kappa shape index (κ1) is 53.6. The number of anilines is 2. The number of benzene rings is 2. The van der Waals surface area contributed by atoms with Gasteiger partial charge in [-0.2, -0.15) is 15.3 Å². The number of nitrogens with zero attached hydrogens (tertiary/aromatic N) is 12. The minimum Gasteiger partial charge on any atom is -0.494 e. The van der Waals surface area contributed by atoms with Crippen molar-refractivity contribution >= 4 is 70.9 Å². The minimum atomic E-state index is -0.632. The maximum atomic E-state index is 13.4. The fourth-order valence-corrected chi connectivity index (χ4v) is 8.86. The molecule has 2 amide bonds. The van der Waals surface area contributed by atoms with Gasteiger partial charge in [0.25, 0.3) is 5.91 Å². The fourth-order valence-electron chi connectivity index (χ4n) is 8.86. The zero-order chi connectivity index (χ0) is 51.6. The number of piperidine rings is 1. The van der Waals surface area contributed by atoms with E-state index in [9.17, 15) is 19.2 Å². The van der Waals surface area contributed by atoms with Crippen LogP contribution in [-0.4, -0.2) is 159 Å². The molecule has 8 rings (SSSR count). The van der Waals surface area contributed by atoms with E-state index in [2.05, 4.69) is 63.6 Å². The smallest absolute Gasteiger partial charge is 0.276 e. The normalized spacial score (nSPS) is 14.4. The highest BCUT2D eigenvalue weighted by molar-refractivity contribution is 6.04. The average molecular weight is 990 g/mol. The molecule has 0 spiro atoms. The molecule has 2 aromatic carbocycles. The Balaban J connectivity index is 0.000000687. The van der Waals surface area contributed by atoms with Crippen molar-refractivity contribution in [2.75, 3.05) is 84.3 Å². The Bertz CT molecular complexity index is 2850. The monoisotopic (exact) mass is 990 g/mol. The number of amidine groups is 1. The van der Waals surface area contributed by atoms with Gasteiger partial charge in [0.2, 0.25) is 17.8 Å². The summed E-state index contributed by atoms with van der Waals surface area (Å²) in [6, 6.07) is 9.97. The number of aryl methyl sites for hydroxylation is 2. The van der Waals surface area contributed by atoms with Crippen LogP contribution in [0.25, 0.3) is 22.1 Å². The van der Waals surface area contributed by atoms with Gasteiger partial charge >= 0.3 is 0 Å². The van der Waals surface area contributed by atoms with E-state index >= 15 is 0 Å². The number of methoxy groups -OCH3 is 1. The molecule has 2 aliphatic heterocycles. The SMILES string of the molecule is C=N/N=C(/C1CCN(CCCOc2cc(C=O)cc3nc(NC)n(C/C=C/Cn4c(NC(=O)c5ccnn5CC)nc5cc(C(N)=O)cc(OC)c54)c23)CC1)N1CCNCC1.CCn1nccc1C=O.CN. The predicted molar refractivity (Wildman–Crippen MR) is 279 cm³/mol. The standard InChI is InChI=1S/C42H54N14O5.C6H8N2O.CH5N/c1-5-56-33(9-12-47-56)40(59)50-42-49-32-25-30(38(43)58)26-34(60-4)36(32)55(42)17-7-6-16-54-37-31(48-41(54)44-2)23-28(27-57)24-35(37)61-22-8-15-52-18-10-29(11-19-52)39(51-45-3)53-20-13-46-14-21-53;1-2-8-6(5-9)3-4-7-8;1-2/h6-7,9,12,23-27,29,46H,3,5,8,10-11,13-22H2,1-2,4H3,(H2,43,58)(H,44,48)(H,49,50,59);3-5H,2H2,1H3;2H2,1H3/b7-6+,51-39-;;. The number of aromatic nitrogens is 8. The van der Waals surface area contributed by atoms with E-state index in [4.69, 9.17) is 20.2 Å². The van der Waals surface area contributed by atoms with Crippen LogP contribution in [-0.2, 0) is 26.2 Å². The number of carbonyl (C=O) groups is 4. The average Bonchev–Trinajstić information content (AvgIpc) is 4.24. The molecule has 0 aliphatic carbocycles. The van der Waals surface area contributed by atoms with Crippen LogP contribution in [0.4, 0.5) is 11.9 Å². The maximum absolute atomic E-state index is 13.4. The molecule has 0 saturated carbocycles. The van der Waals surface area contributed by atoms with Gasteiger partial charge < -0.3 is 50.5 Å². The van der Waals surface area contributed by atoms with Crippen LogP contribution >= 0.6 is 0 Å². The summed E-state index contributed by atoms with van der Waals surface area (Å²) < 4.78 is 19.1. The Morgan fingerprint density at radius 1 is 0.875 bits per heavy atom. The van der Waals surface area contributed by atoms with Gasteiger partial charge in [0.1, 0.15) is 46.0 Å². The summed E-state index contributed by atoms with van der Waals surface area (Å²) in [6.07, 6.45) is 11.5. The number of carbonyl (C=O) groups excluding carboxylic acids is 4. The van der Waals surface area contributed by atoms with Gasteiger partial charge in [-0.25, -0.2) is 9.97 Å². The largest absolute Gasteiger partial charge is 0.494 e. The van der Waals surface area contributed by atoms with Gasteiger partial charge in [-0.1, -0.05) is 12.2 Å². The Hall–Kier alpha value is -7.76. The summed E-state index contributed by atoms with van der Waals surface area (Å²) >= 11 is 0. The topological polar surface area (TPSA) is 277 Å². The second-order valence-corrected chi connectivity index (χ2v) is 16.6. The van der Waals surface area contributed by atoms with Gasteiger partial charge in [-0.3, -0.25) is 33.9 Å². The summed E-state index contributed by atoms with van der Waals surface area (Å²) in [5.41, 5.74) is 14.2. The second-order valence-electron chi connectivity index (χ2n) is 16.6. The number of allylic oxidation sites excluding steroid dienone is 2. The number of ether oxygens (including phenoxy) is 2. The molecule has 384 valence electrons. The van der Waals surface area contributed by atoms with Crippen LogP contribution in [0.15, 0.2) is 71.1 Å². The molecule has 23 nitrogen and oxygen atoms in total. The molecular formula is C49H67N17O6. The van der Waals surface area contributed by atoms with Crippen molar-refractivity contribution in [2.24, 2.45) is 27.6 Å². The lowest BCUT2D eigenvalue weighted by Crippen LogP contribution is -2.50. The lowest BCUT2D eigenvalue weighted by Gasteiger charge is -2.37. The van der Waals surface area contributed by atoms with Gasteiger partial charge in [-0.05, 0) is 89.6 Å². The van der Waals surface area contributed by atoms with Gasteiger partial charge in [0, 0.05) is 102 Å². The van der Waals surface area contributed by atoms with Crippen molar-refractivity contribution in [3.05, 3.63) is 83.5 Å². The summed E-state index contributed by atoms with van der Waals surface area (Å²) in [5, 5.41) is 26.0. The fraction of sp³-hybridized carbons (Fsp3) is 0.429. The van der Waals surface area contributed by atoms with E-state index in [-0.39, 0.29) is 18.1 Å². The molecule has 0 bridgehead atoms. The number of nitrogens with two attached hydrogens (primary N) is 2. The zero-order valence-corrected chi connectivity index (χ0v) is 41.8. The van der Waals surface area contributed by atoms with E-state index in [1.807, 2.05) is 30.6 Å². The van der Waals surface area contributed by atoms with E-state index in [1.165, 1.54) is 14.2 Å². The Morgan fingerprint density at radius 3 is 2.15 bits per heavy atom. The summed E-state index contributed by atoms with van der Waals surface area (Å²) in [4.78, 5) is 62.1. The van der Waals surface area contributed by atoms with E-state index in [0.29, 0.717) is 76.6 Å². The third kappa shape index (κ3) is 12.8. The molecular weight excluding hydrogens is 923 g/mol. The molecule has 23 heteroatoms. The highest BCUT2D eigenvalue weighted by atomic mass is 16.5. The maximum Gasteiger partial charge on any atom is 0.276 e. The lowest BCUT2D eigenvalue weighted by atomic mass is 9.94. The quantitative estimate of drug-likeness (QED) is 0.0182. The molecule has 0 radical (unpaired) electrons. The van der Waals surface area contributed by atoms with Gasteiger partial charge in [0.15, 0.2) is 6.29 Å². The number of amides is 2. The Morgan fingerprint density at radius 2 is 1.53 bits per heavy atom. The summed E-state index contributed by atoms with van der Waals surface area (Å²) in [7, 11) is 4.79. The minimum absolute atomic E-state index is 0.224. The third-order valence-electron chi connectivity index (χ3n) is 12.3. The Kier molecular flexibility index (Phi) is 19.7. The molecule has 0 atom stereocenters. The molecule has 6 aromatic rings. The molecule has 2 saturated heterocycles. The number of rotatable bonds is 20. The molecule has 7 N–H and O–H groups in total. The number of aldehydes is 2. The van der Waals surface area contributed by atoms with E-state index in [1.54, 1.807) is 69.8 Å². The second kappa shape index (κ2) is 26.4. The predicted octanol–water partition coefficient (Wildman–Crippen LogP) is 3.76. The molecule has 4 aromatic heterocycles. The number of primary amides is 1. The number of hydrogen-bond acceptors (Lipinski definition) is 16. The van der Waals surface area contributed by atoms with Crippen molar-refractivity contribution in [2.45, 2.75) is 59.3 Å². The highest BCUT2D eigenvalue weighted by Gasteiger charge is 2.28. The molecule has 72 heavy (non-hydrogen) atoms. The molecule has 0 unspecified atom stereocenters. The van der Waals surface area contributed by atoms with Crippen LogP contribution in [0, 0.1) is 5.92 Å². The zero-order valence-electron chi connectivity index (χ0n) is 41.8. The van der Waals surface area contributed by atoms with Crippen LogP contribution in [0.2, 0.25) is 0 Å². The highest BCUT2D eigenvalue weighted by Crippen LogP contribution is 2.33. The molecule has 2 aliphatic rings. The van der Waals surface area contributed by atoms with Crippen molar-refractivity contribution in [1.82, 2.24) is 53.8 Å². The van der Waals surface area contributed by atoms with Crippen LogP contribution in [0.1, 0.15) is 74.8 Å². The van der Waals surface area contributed by atoms with E-state index < -0.39 is 11.8 Å². The van der Waals surface area contributed by atoms with Crippen LogP contribution < -0.4 is 36.9 Å². The first-order valence-electron chi connectivity index (χ1n) is 24.1. The summed E-state index contributed by atoms with van der Waals surface area (Å²) in [6.45, 7) is 16.4. The van der Waals surface area contributed by atoms with Crippen molar-refractivity contribution in [1.29, 1.82) is 0 Å². The number of nitrogens with one attached hydrogen (secondary N) is 3. The van der Waals surface area contributed by atoms with Gasteiger partial charge in [0.05, 0.1) is 24.8 Å². The molecule has 6 heterocycles. The number of likely N-dealkylation sites (tertiary alicyclic amines) is 1. The first-order chi connectivity index (χ1) is 35.1. The van der Waals surface area contributed by atoms with Crippen molar-refractivity contribution in [3.63, 3.8) is 0 Å². The van der Waals surface area contributed by atoms with Crippen LogP contribution in [0.3, 0.4) is 0 Å². The summed E-state index contributed by atoms with van der Waals surface area (Å²) in [5.74, 6) is 2.20. The lowest BCUT2D eigenvalue weighted by molar-refractivity contribution is 0.0995. The van der Waals surface area contributed by atoms with Crippen molar-refractivity contribution < 1.29 is 28.7 Å². The number of hydrogen-bond donors (Lipinski definition) is 5. The number of imidazole rings is 2. The Labute approximate surface area is 418 Å².